The first-order valence-corrected chi connectivity index (χ1v) is 3.51. The lowest BCUT2D eigenvalue weighted by Crippen LogP contribution is -2.53. The van der Waals surface area contributed by atoms with Gasteiger partial charge in [0.15, 0.2) is 6.54 Å². The largest absolute Gasteiger partial charge is 0.453 e. The Labute approximate surface area is 61.2 Å². The molecule has 0 spiro atoms. The second-order valence-corrected chi connectivity index (χ2v) is 3.58. The lowest BCUT2D eigenvalue weighted by atomic mass is 10.3. The third-order valence-electron chi connectivity index (χ3n) is 1.64. The Hall–Kier alpha value is -0.570. The first-order valence-electron chi connectivity index (χ1n) is 3.51. The van der Waals surface area contributed by atoms with Crippen LogP contribution in [-0.4, -0.2) is 43.7 Å². The molecular formula is C7H14NO2+. The third kappa shape index (κ3) is 1.70. The molecule has 0 radical (unpaired) electrons. The molecule has 0 amide bonds. The molecule has 1 heterocycles. The predicted octanol–water partition coefficient (Wildman–Crippen LogP) is 0.00810. The van der Waals surface area contributed by atoms with Crippen molar-refractivity contribution in [2.75, 3.05) is 27.2 Å². The normalized spacial score (nSPS) is 31.5. The van der Waals surface area contributed by atoms with E-state index in [9.17, 15) is 4.79 Å². The molecule has 1 saturated heterocycles. The van der Waals surface area contributed by atoms with Crippen molar-refractivity contribution >= 4 is 5.97 Å². The van der Waals surface area contributed by atoms with Gasteiger partial charge in [-0.15, -0.1) is 0 Å². The SMILES string of the molecule is CC1C[N+](C)(C)CC(=O)O1. The molecule has 0 aromatic heterocycles. The van der Waals surface area contributed by atoms with Gasteiger partial charge in [-0.2, -0.15) is 0 Å². The van der Waals surface area contributed by atoms with E-state index in [-0.39, 0.29) is 12.1 Å². The number of carbonyl (C=O) groups is 1. The zero-order valence-corrected chi connectivity index (χ0v) is 6.76. The Bertz CT molecular complexity index is 154. The fourth-order valence-corrected chi connectivity index (χ4v) is 1.41. The second kappa shape index (κ2) is 2.23. The van der Waals surface area contributed by atoms with E-state index in [0.29, 0.717) is 6.54 Å². The average molecular weight is 144 g/mol. The summed E-state index contributed by atoms with van der Waals surface area (Å²) in [5.41, 5.74) is 0. The number of hydrogen-bond donors (Lipinski definition) is 0. The standard InChI is InChI=1S/C7H14NO2/c1-6-4-8(2,3)5-7(9)10-6/h6H,4-5H2,1-3H3/q+1. The number of cyclic esters (lactones) is 1. The molecule has 0 aromatic rings. The fourth-order valence-electron chi connectivity index (χ4n) is 1.41. The van der Waals surface area contributed by atoms with E-state index in [4.69, 9.17) is 4.74 Å². The van der Waals surface area contributed by atoms with Crippen molar-refractivity contribution < 1.29 is 14.0 Å². The molecule has 1 unspecified atom stereocenters. The highest BCUT2D eigenvalue weighted by Crippen LogP contribution is 2.09. The van der Waals surface area contributed by atoms with Gasteiger partial charge in [-0.1, -0.05) is 0 Å². The first kappa shape index (κ1) is 7.54. The van der Waals surface area contributed by atoms with E-state index in [2.05, 4.69) is 0 Å². The van der Waals surface area contributed by atoms with E-state index < -0.39 is 0 Å². The van der Waals surface area contributed by atoms with Crippen LogP contribution in [0.15, 0.2) is 0 Å². The summed E-state index contributed by atoms with van der Waals surface area (Å²) in [5.74, 6) is -0.0799. The summed E-state index contributed by atoms with van der Waals surface area (Å²) in [7, 11) is 4.08. The van der Waals surface area contributed by atoms with Gasteiger partial charge in [0.25, 0.3) is 0 Å². The Balaban J connectivity index is 2.59. The lowest BCUT2D eigenvalue weighted by molar-refractivity contribution is -0.890. The minimum Gasteiger partial charge on any atom is -0.453 e. The van der Waals surface area contributed by atoms with Gasteiger partial charge >= 0.3 is 5.97 Å². The highest BCUT2D eigenvalue weighted by molar-refractivity contribution is 5.71. The number of ether oxygens (including phenoxy) is 1. The summed E-state index contributed by atoms with van der Waals surface area (Å²) in [5, 5.41) is 0. The molecule has 1 fully saturated rings. The van der Waals surface area contributed by atoms with Crippen molar-refractivity contribution in [3.63, 3.8) is 0 Å². The summed E-state index contributed by atoms with van der Waals surface area (Å²) in [6, 6.07) is 0. The van der Waals surface area contributed by atoms with Crippen LogP contribution in [-0.2, 0) is 9.53 Å². The van der Waals surface area contributed by atoms with Crippen LogP contribution in [0, 0.1) is 0 Å². The number of likely N-dealkylation sites (N-methyl/N-ethyl adjacent to an activating group) is 1. The van der Waals surface area contributed by atoms with Crippen LogP contribution in [0.1, 0.15) is 6.92 Å². The van der Waals surface area contributed by atoms with Crippen molar-refractivity contribution in [1.82, 2.24) is 0 Å². The summed E-state index contributed by atoms with van der Waals surface area (Å²) in [6.07, 6.45) is 0.0799. The van der Waals surface area contributed by atoms with Crippen molar-refractivity contribution in [2.24, 2.45) is 0 Å². The molecule has 1 atom stereocenters. The molecule has 1 aliphatic rings. The third-order valence-corrected chi connectivity index (χ3v) is 1.64. The lowest BCUT2D eigenvalue weighted by Gasteiger charge is -2.35. The highest BCUT2D eigenvalue weighted by atomic mass is 16.5. The van der Waals surface area contributed by atoms with Crippen molar-refractivity contribution in [1.29, 1.82) is 0 Å². The van der Waals surface area contributed by atoms with Crippen molar-refractivity contribution in [3.8, 4) is 0 Å². The van der Waals surface area contributed by atoms with E-state index in [1.54, 1.807) is 0 Å². The van der Waals surface area contributed by atoms with E-state index >= 15 is 0 Å². The summed E-state index contributed by atoms with van der Waals surface area (Å²) < 4.78 is 5.72. The summed E-state index contributed by atoms with van der Waals surface area (Å²) in [6.45, 7) is 3.35. The van der Waals surface area contributed by atoms with Gasteiger partial charge in [-0.3, -0.25) is 0 Å². The number of hydrogen-bond acceptors (Lipinski definition) is 2. The molecule has 0 aliphatic carbocycles. The fraction of sp³-hybridized carbons (Fsp3) is 0.857. The Kier molecular flexibility index (Phi) is 1.68. The Morgan fingerprint density at radius 2 is 2.20 bits per heavy atom. The first-order chi connectivity index (χ1) is 4.49. The van der Waals surface area contributed by atoms with Crippen LogP contribution in [0.3, 0.4) is 0 Å². The summed E-state index contributed by atoms with van der Waals surface area (Å²) >= 11 is 0. The van der Waals surface area contributed by atoms with Crippen LogP contribution in [0.4, 0.5) is 0 Å². The maximum absolute atomic E-state index is 10.9. The molecule has 0 saturated carbocycles. The molecule has 0 N–H and O–H groups in total. The molecular weight excluding hydrogens is 130 g/mol. The van der Waals surface area contributed by atoms with E-state index in [1.165, 1.54) is 0 Å². The molecule has 3 heteroatoms. The van der Waals surface area contributed by atoms with Crippen LogP contribution in [0.2, 0.25) is 0 Å². The van der Waals surface area contributed by atoms with Gasteiger partial charge in [0, 0.05) is 0 Å². The van der Waals surface area contributed by atoms with Crippen LogP contribution >= 0.6 is 0 Å². The molecule has 1 aliphatic heterocycles. The van der Waals surface area contributed by atoms with E-state index in [0.717, 1.165) is 11.0 Å². The summed E-state index contributed by atoms with van der Waals surface area (Å²) in [4.78, 5) is 10.9. The molecule has 3 nitrogen and oxygen atoms in total. The molecule has 1 rings (SSSR count). The number of nitrogens with zero attached hydrogens (tertiary/aromatic N) is 1. The number of rotatable bonds is 0. The average Bonchev–Trinajstić information content (AvgIpc) is 1.54. The van der Waals surface area contributed by atoms with Crippen molar-refractivity contribution in [3.05, 3.63) is 0 Å². The van der Waals surface area contributed by atoms with Gasteiger partial charge < -0.3 is 9.22 Å². The monoisotopic (exact) mass is 144 g/mol. The topological polar surface area (TPSA) is 26.3 Å². The van der Waals surface area contributed by atoms with E-state index in [1.807, 2.05) is 21.0 Å². The van der Waals surface area contributed by atoms with Gasteiger partial charge in [0.05, 0.1) is 14.1 Å². The van der Waals surface area contributed by atoms with Gasteiger partial charge in [-0.05, 0) is 6.92 Å². The van der Waals surface area contributed by atoms with Crippen LogP contribution in [0.25, 0.3) is 0 Å². The van der Waals surface area contributed by atoms with Crippen LogP contribution in [0.5, 0.6) is 0 Å². The molecule has 0 bridgehead atoms. The number of quaternary nitrogens is 1. The molecule has 0 aromatic carbocycles. The smallest absolute Gasteiger partial charge is 0.362 e. The zero-order chi connectivity index (χ0) is 7.78. The maximum Gasteiger partial charge on any atom is 0.362 e. The van der Waals surface area contributed by atoms with Crippen LogP contribution < -0.4 is 0 Å². The number of esters is 1. The second-order valence-electron chi connectivity index (χ2n) is 3.58. The molecule has 58 valence electrons. The van der Waals surface area contributed by atoms with Gasteiger partial charge in [-0.25, -0.2) is 4.79 Å². The van der Waals surface area contributed by atoms with Gasteiger partial charge in [0.1, 0.15) is 12.6 Å². The minimum absolute atomic E-state index is 0.0799. The maximum atomic E-state index is 10.9. The predicted molar refractivity (Wildman–Crippen MR) is 37.4 cm³/mol. The minimum atomic E-state index is -0.0799. The van der Waals surface area contributed by atoms with Gasteiger partial charge in [0.2, 0.25) is 0 Å². The highest BCUT2D eigenvalue weighted by Gasteiger charge is 2.31. The molecule has 10 heavy (non-hydrogen) atoms. The quantitative estimate of drug-likeness (QED) is 0.353. The number of carbonyl (C=O) groups excluding carboxylic acids is 1. The Morgan fingerprint density at radius 1 is 1.60 bits per heavy atom. The Morgan fingerprint density at radius 3 is 2.60 bits per heavy atom. The number of morpholine rings is 1. The zero-order valence-electron chi connectivity index (χ0n) is 6.76. The van der Waals surface area contributed by atoms with Crippen molar-refractivity contribution in [2.45, 2.75) is 13.0 Å².